The Bertz CT molecular complexity index is 758. The molecule has 1 heterocycles. The van der Waals surface area contributed by atoms with Crippen molar-refractivity contribution in [1.82, 2.24) is 4.98 Å². The van der Waals surface area contributed by atoms with E-state index >= 15 is 0 Å². The lowest BCUT2D eigenvalue weighted by atomic mass is 10.2. The molecule has 0 atom stereocenters. The number of aromatic nitrogens is 1. The summed E-state index contributed by atoms with van der Waals surface area (Å²) in [5.74, 6) is -0.677. The van der Waals surface area contributed by atoms with Crippen LogP contribution in [0.25, 0.3) is 0 Å². The molecule has 1 aromatic carbocycles. The van der Waals surface area contributed by atoms with Crippen molar-refractivity contribution in [3.8, 4) is 23.0 Å². The summed E-state index contributed by atoms with van der Waals surface area (Å²) in [6.07, 6.45) is -8.62. The summed E-state index contributed by atoms with van der Waals surface area (Å²) in [4.78, 5) is 3.30. The largest absolute Gasteiger partial charge is 0.573 e. The molecule has 0 aliphatic rings. The fourth-order valence-corrected chi connectivity index (χ4v) is 1.96. The van der Waals surface area contributed by atoms with Gasteiger partial charge in [0.05, 0.1) is 13.3 Å². The van der Waals surface area contributed by atoms with E-state index in [4.69, 9.17) is 9.47 Å². The van der Waals surface area contributed by atoms with Crippen LogP contribution < -0.4 is 14.2 Å². The zero-order chi connectivity index (χ0) is 18.8. The summed E-state index contributed by atoms with van der Waals surface area (Å²) in [7, 11) is 1.19. The minimum atomic E-state index is -4.87. The number of alkyl halides is 6. The Morgan fingerprint density at radius 1 is 0.920 bits per heavy atom. The Morgan fingerprint density at radius 3 is 2.12 bits per heavy atom. The van der Waals surface area contributed by atoms with Gasteiger partial charge in [-0.2, -0.15) is 13.2 Å². The third-order valence-electron chi connectivity index (χ3n) is 2.92. The maximum Gasteiger partial charge on any atom is 0.573 e. The topological polar surface area (TPSA) is 40.6 Å². The number of hydrogen-bond donors (Lipinski definition) is 0. The van der Waals surface area contributed by atoms with Crippen molar-refractivity contribution in [3.05, 3.63) is 41.7 Å². The molecule has 4 nitrogen and oxygen atoms in total. The van der Waals surface area contributed by atoms with Gasteiger partial charge in [0.1, 0.15) is 17.2 Å². The van der Waals surface area contributed by atoms with Crippen LogP contribution in [0.4, 0.5) is 26.3 Å². The van der Waals surface area contributed by atoms with E-state index in [0.717, 1.165) is 30.5 Å². The van der Waals surface area contributed by atoms with Crippen molar-refractivity contribution >= 4 is 0 Å². The van der Waals surface area contributed by atoms with Gasteiger partial charge >= 0.3 is 12.5 Å². The molecule has 25 heavy (non-hydrogen) atoms. The summed E-state index contributed by atoms with van der Waals surface area (Å²) in [6.45, 7) is 1.21. The third-order valence-corrected chi connectivity index (χ3v) is 2.92. The fourth-order valence-electron chi connectivity index (χ4n) is 1.96. The number of hydrogen-bond acceptors (Lipinski definition) is 4. The maximum atomic E-state index is 12.7. The number of ether oxygens (including phenoxy) is 3. The predicted molar refractivity (Wildman–Crippen MR) is 73.7 cm³/mol. The number of rotatable bonds is 4. The summed E-state index contributed by atoms with van der Waals surface area (Å²) in [5.41, 5.74) is -1.22. The average Bonchev–Trinajstić information content (AvgIpc) is 2.46. The molecule has 2 aromatic rings. The first-order valence-electron chi connectivity index (χ1n) is 6.65. The Labute approximate surface area is 138 Å². The molecular formula is C15H11F6NO3. The zero-order valence-corrected chi connectivity index (χ0v) is 12.8. The van der Waals surface area contributed by atoms with Gasteiger partial charge < -0.3 is 14.2 Å². The van der Waals surface area contributed by atoms with Crippen LogP contribution in [-0.4, -0.2) is 18.5 Å². The summed E-state index contributed by atoms with van der Waals surface area (Å²) >= 11 is 0. The van der Waals surface area contributed by atoms with Gasteiger partial charge in [-0.1, -0.05) is 0 Å². The molecule has 0 unspecified atom stereocenters. The highest BCUT2D eigenvalue weighted by Gasteiger charge is 2.34. The smallest absolute Gasteiger partial charge is 0.493 e. The lowest BCUT2D eigenvalue weighted by Crippen LogP contribution is -2.17. The van der Waals surface area contributed by atoms with Crippen LogP contribution >= 0.6 is 0 Å². The van der Waals surface area contributed by atoms with Crippen molar-refractivity contribution in [3.63, 3.8) is 0 Å². The highest BCUT2D eigenvalue weighted by atomic mass is 19.4. The Morgan fingerprint density at radius 2 is 1.60 bits per heavy atom. The highest BCUT2D eigenvalue weighted by Crippen LogP contribution is 2.37. The first kappa shape index (κ1) is 18.7. The van der Waals surface area contributed by atoms with Crippen LogP contribution in [0.5, 0.6) is 23.0 Å². The summed E-state index contributed by atoms with van der Waals surface area (Å²) in [5, 5.41) is 0. The van der Waals surface area contributed by atoms with Crippen LogP contribution in [0, 0.1) is 6.92 Å². The van der Waals surface area contributed by atoms with Gasteiger partial charge in [0.15, 0.2) is 11.5 Å². The normalized spacial score (nSPS) is 12.0. The molecule has 0 radical (unpaired) electrons. The first-order chi connectivity index (χ1) is 11.5. The number of nitrogens with zero attached hydrogens (tertiary/aromatic N) is 1. The zero-order valence-electron chi connectivity index (χ0n) is 12.8. The number of halogens is 6. The minimum absolute atomic E-state index is 0.0158. The third kappa shape index (κ3) is 4.91. The Hall–Kier alpha value is -2.65. The van der Waals surface area contributed by atoms with Gasteiger partial charge in [-0.15, -0.1) is 13.2 Å². The molecule has 0 fully saturated rings. The van der Waals surface area contributed by atoms with E-state index in [-0.39, 0.29) is 22.8 Å². The second-order valence-corrected chi connectivity index (χ2v) is 4.80. The van der Waals surface area contributed by atoms with Gasteiger partial charge in [-0.3, -0.25) is 0 Å². The molecule has 0 aliphatic heterocycles. The molecule has 0 aliphatic carbocycles. The van der Waals surface area contributed by atoms with E-state index < -0.39 is 24.0 Å². The minimum Gasteiger partial charge on any atom is -0.493 e. The quantitative estimate of drug-likeness (QED) is 0.705. The van der Waals surface area contributed by atoms with Crippen LogP contribution in [0.3, 0.4) is 0 Å². The van der Waals surface area contributed by atoms with E-state index in [1.807, 2.05) is 0 Å². The lowest BCUT2D eigenvalue weighted by Gasteiger charge is -2.14. The van der Waals surface area contributed by atoms with Crippen molar-refractivity contribution < 1.29 is 40.6 Å². The summed E-state index contributed by atoms with van der Waals surface area (Å²) < 4.78 is 88.7. The monoisotopic (exact) mass is 367 g/mol. The van der Waals surface area contributed by atoms with Crippen molar-refractivity contribution in [2.75, 3.05) is 7.11 Å². The van der Waals surface area contributed by atoms with Crippen molar-refractivity contribution in [1.29, 1.82) is 0 Å². The van der Waals surface area contributed by atoms with Gasteiger partial charge in [0, 0.05) is 6.07 Å². The number of methoxy groups -OCH3 is 1. The second kappa shape index (κ2) is 6.69. The van der Waals surface area contributed by atoms with Crippen molar-refractivity contribution in [2.45, 2.75) is 19.5 Å². The van der Waals surface area contributed by atoms with Crippen LogP contribution in [-0.2, 0) is 6.18 Å². The van der Waals surface area contributed by atoms with Gasteiger partial charge in [0.2, 0.25) is 0 Å². The Balaban J connectivity index is 2.27. The molecule has 10 heteroatoms. The van der Waals surface area contributed by atoms with Crippen molar-refractivity contribution in [2.24, 2.45) is 0 Å². The van der Waals surface area contributed by atoms with E-state index in [1.165, 1.54) is 14.0 Å². The van der Waals surface area contributed by atoms with Gasteiger partial charge in [-0.05, 0) is 30.7 Å². The van der Waals surface area contributed by atoms with Crippen LogP contribution in [0.15, 0.2) is 30.5 Å². The molecule has 136 valence electrons. The number of aryl methyl sites for hydroxylation is 1. The first-order valence-corrected chi connectivity index (χ1v) is 6.65. The molecule has 2 rings (SSSR count). The van der Waals surface area contributed by atoms with Crippen LogP contribution in [0.2, 0.25) is 0 Å². The molecule has 1 aromatic heterocycles. The Kier molecular flexibility index (Phi) is 5.00. The second-order valence-electron chi connectivity index (χ2n) is 4.80. The van der Waals surface area contributed by atoms with E-state index in [2.05, 4.69) is 9.72 Å². The number of pyridine rings is 1. The van der Waals surface area contributed by atoms with E-state index in [1.54, 1.807) is 0 Å². The standard InChI is InChI=1S/C15H11F6NO3/c1-8-5-10(7-22-13(8)14(16,17)18)24-11-4-3-9(6-12(11)23-2)25-15(19,20)21/h3-7H,1-2H3. The molecular weight excluding hydrogens is 356 g/mol. The molecule has 0 bridgehead atoms. The van der Waals surface area contributed by atoms with Gasteiger partial charge in [0.25, 0.3) is 0 Å². The SMILES string of the molecule is COc1cc(OC(F)(F)F)ccc1Oc1cnc(C(F)(F)F)c(C)c1. The number of benzene rings is 1. The molecule has 0 amide bonds. The fraction of sp³-hybridized carbons (Fsp3) is 0.267. The van der Waals surface area contributed by atoms with E-state index in [0.29, 0.717) is 0 Å². The lowest BCUT2D eigenvalue weighted by molar-refractivity contribution is -0.274. The average molecular weight is 367 g/mol. The predicted octanol–water partition coefficient (Wildman–Crippen LogP) is 5.11. The molecule has 0 N–H and O–H groups in total. The maximum absolute atomic E-state index is 12.7. The summed E-state index contributed by atoms with van der Waals surface area (Å²) in [6, 6.07) is 4.16. The highest BCUT2D eigenvalue weighted by molar-refractivity contribution is 5.47. The van der Waals surface area contributed by atoms with Gasteiger partial charge in [-0.25, -0.2) is 4.98 Å². The van der Waals surface area contributed by atoms with E-state index in [9.17, 15) is 26.3 Å². The van der Waals surface area contributed by atoms with Crippen LogP contribution in [0.1, 0.15) is 11.3 Å². The molecule has 0 saturated carbocycles. The molecule has 0 spiro atoms. The molecule has 0 saturated heterocycles.